The molecule has 1 aliphatic heterocycles. The minimum absolute atomic E-state index is 0.0203. The Balaban J connectivity index is 1.37. The van der Waals surface area contributed by atoms with Crippen molar-refractivity contribution in [2.45, 2.75) is 39.3 Å². The highest BCUT2D eigenvalue weighted by Gasteiger charge is 2.34. The van der Waals surface area contributed by atoms with Gasteiger partial charge >= 0.3 is 0 Å². The van der Waals surface area contributed by atoms with Gasteiger partial charge in [0, 0.05) is 25.9 Å². The number of nitrogens with zero attached hydrogens (tertiary/aromatic N) is 4. The first-order valence-corrected chi connectivity index (χ1v) is 10.9. The van der Waals surface area contributed by atoms with Gasteiger partial charge < -0.3 is 9.67 Å². The smallest absolute Gasteiger partial charge is 0.187 e. The highest BCUT2D eigenvalue weighted by molar-refractivity contribution is 5.45. The van der Waals surface area contributed by atoms with Gasteiger partial charge in [0.25, 0.3) is 0 Å². The van der Waals surface area contributed by atoms with Crippen LogP contribution < -0.4 is 0 Å². The van der Waals surface area contributed by atoms with Crippen LogP contribution >= 0.6 is 0 Å². The zero-order valence-corrected chi connectivity index (χ0v) is 18.2. The van der Waals surface area contributed by atoms with Crippen molar-refractivity contribution in [2.24, 2.45) is 5.41 Å². The molecule has 0 saturated carbocycles. The molecule has 0 radical (unpaired) electrons. The van der Waals surface area contributed by atoms with Gasteiger partial charge in [0.15, 0.2) is 5.69 Å². The lowest BCUT2D eigenvalue weighted by molar-refractivity contribution is 0.0405. The van der Waals surface area contributed by atoms with E-state index in [0.717, 1.165) is 45.4 Å². The predicted octanol–water partition coefficient (Wildman–Crippen LogP) is 4.61. The highest BCUT2D eigenvalue weighted by atomic mass is 16.3. The number of aliphatic hydroxyl groups excluding tert-OH is 1. The zero-order chi connectivity index (χ0) is 21.7. The maximum absolute atomic E-state index is 10.2. The minimum Gasteiger partial charge on any atom is -0.396 e. The summed E-state index contributed by atoms with van der Waals surface area (Å²) in [5, 5.41) is 10.2. The number of likely N-dealkylation sites (tertiary alicyclic amines) is 1. The van der Waals surface area contributed by atoms with Crippen molar-refractivity contribution in [2.75, 3.05) is 19.7 Å². The van der Waals surface area contributed by atoms with E-state index >= 15 is 0 Å². The normalized spacial score (nSPS) is 16.2. The number of imidazole rings is 1. The fourth-order valence-electron chi connectivity index (χ4n) is 4.51. The molecule has 1 aliphatic rings. The lowest BCUT2D eigenvalue weighted by atomic mass is 9.74. The molecule has 1 N–H and O–H groups in total. The summed E-state index contributed by atoms with van der Waals surface area (Å²) in [7, 11) is 0. The molecule has 0 spiro atoms. The Morgan fingerprint density at radius 1 is 1.06 bits per heavy atom. The third kappa shape index (κ3) is 5.04. The van der Waals surface area contributed by atoms with Crippen molar-refractivity contribution >= 4 is 5.69 Å². The third-order valence-corrected chi connectivity index (χ3v) is 6.68. The largest absolute Gasteiger partial charge is 0.396 e. The Kier molecular flexibility index (Phi) is 6.50. The molecule has 0 bridgehead atoms. The average molecular weight is 415 g/mol. The number of benzene rings is 2. The van der Waals surface area contributed by atoms with E-state index in [1.165, 1.54) is 22.4 Å². The molecule has 1 fully saturated rings. The van der Waals surface area contributed by atoms with Crippen LogP contribution in [0.3, 0.4) is 0 Å². The zero-order valence-electron chi connectivity index (χ0n) is 18.2. The molecule has 2 aromatic carbocycles. The predicted molar refractivity (Wildman–Crippen MR) is 123 cm³/mol. The number of aryl methyl sites for hydroxylation is 1. The Bertz CT molecular complexity index is 1040. The standard InChI is InChI=1S/C26H30N4O/c1-21-5-3-4-6-23(21)15-26(19-31)11-13-29(14-12-26)18-25-16-28-20-30(25)17-22-7-9-24(27-2)10-8-22/h3-10,16,20,31H,11-15,17-19H2,1H3. The van der Waals surface area contributed by atoms with Crippen molar-refractivity contribution in [1.82, 2.24) is 14.5 Å². The van der Waals surface area contributed by atoms with Crippen molar-refractivity contribution in [3.63, 3.8) is 0 Å². The van der Waals surface area contributed by atoms with Crippen molar-refractivity contribution in [3.05, 3.63) is 94.9 Å². The molecule has 0 atom stereocenters. The first kappa shape index (κ1) is 21.3. The first-order chi connectivity index (χ1) is 15.1. The summed E-state index contributed by atoms with van der Waals surface area (Å²) in [6.07, 6.45) is 6.80. The molecule has 5 heteroatoms. The van der Waals surface area contributed by atoms with Gasteiger partial charge in [-0.1, -0.05) is 48.5 Å². The summed E-state index contributed by atoms with van der Waals surface area (Å²) < 4.78 is 2.19. The molecular formula is C26H30N4O. The van der Waals surface area contributed by atoms with Gasteiger partial charge in [-0.3, -0.25) is 4.90 Å². The quantitative estimate of drug-likeness (QED) is 0.575. The molecule has 1 saturated heterocycles. The van der Waals surface area contributed by atoms with Gasteiger partial charge in [-0.25, -0.2) is 9.83 Å². The van der Waals surface area contributed by atoms with Gasteiger partial charge in [0.1, 0.15) is 0 Å². The number of aromatic nitrogens is 2. The van der Waals surface area contributed by atoms with Gasteiger partial charge in [-0.2, -0.15) is 0 Å². The monoisotopic (exact) mass is 414 g/mol. The second-order valence-corrected chi connectivity index (χ2v) is 8.83. The van der Waals surface area contributed by atoms with Crippen LogP contribution in [-0.4, -0.2) is 39.3 Å². The second-order valence-electron chi connectivity index (χ2n) is 8.83. The number of aliphatic hydroxyl groups is 1. The molecule has 0 aliphatic carbocycles. The van der Waals surface area contributed by atoms with E-state index < -0.39 is 0 Å². The molecule has 0 unspecified atom stereocenters. The maximum atomic E-state index is 10.2. The number of piperidine rings is 1. The molecule has 160 valence electrons. The first-order valence-electron chi connectivity index (χ1n) is 10.9. The molecule has 4 rings (SSSR count). The maximum Gasteiger partial charge on any atom is 0.187 e. The summed E-state index contributed by atoms with van der Waals surface area (Å²) in [6.45, 7) is 13.1. The topological polar surface area (TPSA) is 45.7 Å². The molecule has 1 aromatic heterocycles. The molecule has 2 heterocycles. The van der Waals surface area contributed by atoms with Crippen LogP contribution in [-0.2, 0) is 19.5 Å². The number of hydrogen-bond acceptors (Lipinski definition) is 3. The van der Waals surface area contributed by atoms with E-state index in [0.29, 0.717) is 5.69 Å². The van der Waals surface area contributed by atoms with Crippen LogP contribution in [0.15, 0.2) is 61.1 Å². The minimum atomic E-state index is -0.0203. The molecule has 31 heavy (non-hydrogen) atoms. The lowest BCUT2D eigenvalue weighted by Gasteiger charge is -2.41. The van der Waals surface area contributed by atoms with Crippen molar-refractivity contribution < 1.29 is 5.11 Å². The summed E-state index contributed by atoms with van der Waals surface area (Å²) in [5.41, 5.74) is 5.68. The van der Waals surface area contributed by atoms with Crippen LogP contribution in [0.2, 0.25) is 0 Å². The summed E-state index contributed by atoms with van der Waals surface area (Å²) >= 11 is 0. The number of hydrogen-bond donors (Lipinski definition) is 1. The molecule has 0 amide bonds. The van der Waals surface area contributed by atoms with Crippen LogP contribution in [0.4, 0.5) is 5.69 Å². The van der Waals surface area contributed by atoms with Crippen LogP contribution in [0, 0.1) is 18.9 Å². The van der Waals surface area contributed by atoms with Gasteiger partial charge in [0.05, 0.1) is 18.6 Å². The van der Waals surface area contributed by atoms with Crippen LogP contribution in [0.25, 0.3) is 4.85 Å². The molecule has 3 aromatic rings. The summed E-state index contributed by atoms with van der Waals surface area (Å²) in [5.74, 6) is 0. The Morgan fingerprint density at radius 2 is 1.81 bits per heavy atom. The van der Waals surface area contributed by atoms with Gasteiger partial charge in [0.2, 0.25) is 0 Å². The van der Waals surface area contributed by atoms with Crippen LogP contribution in [0.1, 0.15) is 35.2 Å². The Morgan fingerprint density at radius 3 is 2.48 bits per heavy atom. The van der Waals surface area contributed by atoms with Crippen molar-refractivity contribution in [3.8, 4) is 0 Å². The fraction of sp³-hybridized carbons (Fsp3) is 0.385. The number of rotatable bonds is 7. The van der Waals surface area contributed by atoms with Crippen LogP contribution in [0.5, 0.6) is 0 Å². The SMILES string of the molecule is [C-]#[N+]c1ccc(Cn2cncc2CN2CCC(CO)(Cc3ccccc3C)CC2)cc1. The van der Waals surface area contributed by atoms with E-state index in [2.05, 4.69) is 50.5 Å². The highest BCUT2D eigenvalue weighted by Crippen LogP contribution is 2.36. The van der Waals surface area contributed by atoms with E-state index in [1.807, 2.05) is 36.8 Å². The second kappa shape index (κ2) is 9.47. The third-order valence-electron chi connectivity index (χ3n) is 6.68. The van der Waals surface area contributed by atoms with Gasteiger partial charge in [-0.15, -0.1) is 0 Å². The Labute approximate surface area is 184 Å². The molecular weight excluding hydrogens is 384 g/mol. The van der Waals surface area contributed by atoms with E-state index in [9.17, 15) is 5.11 Å². The van der Waals surface area contributed by atoms with E-state index in [-0.39, 0.29) is 12.0 Å². The fourth-order valence-corrected chi connectivity index (χ4v) is 4.51. The molecule has 5 nitrogen and oxygen atoms in total. The summed E-state index contributed by atoms with van der Waals surface area (Å²) in [6, 6.07) is 16.3. The van der Waals surface area contributed by atoms with Crippen molar-refractivity contribution in [1.29, 1.82) is 0 Å². The van der Waals surface area contributed by atoms with E-state index in [4.69, 9.17) is 6.57 Å². The Hall–Kier alpha value is -2.94. The lowest BCUT2D eigenvalue weighted by Crippen LogP contribution is -2.43. The van der Waals surface area contributed by atoms with E-state index in [1.54, 1.807) is 0 Å². The van der Waals surface area contributed by atoms with Gasteiger partial charge in [-0.05, 0) is 61.4 Å². The average Bonchev–Trinajstić information content (AvgIpc) is 3.23. The summed E-state index contributed by atoms with van der Waals surface area (Å²) in [4.78, 5) is 10.3.